The van der Waals surface area contributed by atoms with Crippen molar-refractivity contribution in [3.05, 3.63) is 29.6 Å². The predicted octanol–water partition coefficient (Wildman–Crippen LogP) is 3.66. The van der Waals surface area contributed by atoms with Gasteiger partial charge in [0.1, 0.15) is 5.82 Å². The van der Waals surface area contributed by atoms with E-state index >= 15 is 0 Å². The monoisotopic (exact) mass is 222 g/mol. The lowest BCUT2D eigenvalue weighted by Crippen LogP contribution is -2.04. The van der Waals surface area contributed by atoms with Gasteiger partial charge in [0.15, 0.2) is 0 Å². The van der Waals surface area contributed by atoms with Gasteiger partial charge in [0.05, 0.1) is 16.9 Å². The van der Waals surface area contributed by atoms with E-state index in [4.69, 9.17) is 11.6 Å². The van der Waals surface area contributed by atoms with E-state index in [9.17, 15) is 0 Å². The van der Waals surface area contributed by atoms with E-state index in [0.29, 0.717) is 11.9 Å². The smallest absolute Gasteiger partial charge is 0.125 e. The molecule has 0 N–H and O–H groups in total. The molecule has 0 saturated carbocycles. The van der Waals surface area contributed by atoms with Crippen LogP contribution in [0.1, 0.15) is 31.3 Å². The molecule has 80 valence electrons. The largest absolute Gasteiger partial charge is 0.324 e. The first-order valence-electron chi connectivity index (χ1n) is 5.17. The molecule has 1 heterocycles. The summed E-state index contributed by atoms with van der Waals surface area (Å²) in [5.74, 6) is 1.42. The van der Waals surface area contributed by atoms with Crippen LogP contribution in [0, 0.1) is 6.92 Å². The molecule has 0 amide bonds. The van der Waals surface area contributed by atoms with Gasteiger partial charge < -0.3 is 4.57 Å². The molecule has 1 aromatic heterocycles. The van der Waals surface area contributed by atoms with Crippen LogP contribution in [-0.4, -0.2) is 9.55 Å². The molecule has 0 spiro atoms. The van der Waals surface area contributed by atoms with Crippen LogP contribution in [0.2, 0.25) is 0 Å². The number of aromatic nitrogens is 2. The molecule has 0 saturated heterocycles. The van der Waals surface area contributed by atoms with Crippen LogP contribution in [0.4, 0.5) is 0 Å². The van der Waals surface area contributed by atoms with E-state index in [1.54, 1.807) is 0 Å². The Kier molecular flexibility index (Phi) is 2.70. The van der Waals surface area contributed by atoms with Crippen molar-refractivity contribution < 1.29 is 0 Å². The molecule has 0 aliphatic carbocycles. The number of rotatable bonds is 2. The molecular weight excluding hydrogens is 208 g/mol. The molecule has 0 aliphatic heterocycles. The number of hydrogen-bond donors (Lipinski definition) is 0. The Morgan fingerprint density at radius 2 is 2.13 bits per heavy atom. The van der Waals surface area contributed by atoms with Gasteiger partial charge >= 0.3 is 0 Å². The van der Waals surface area contributed by atoms with Gasteiger partial charge in [-0.1, -0.05) is 6.07 Å². The van der Waals surface area contributed by atoms with E-state index in [2.05, 4.69) is 48.5 Å². The molecule has 0 fully saturated rings. The second kappa shape index (κ2) is 3.86. The maximum atomic E-state index is 5.90. The standard InChI is InChI=1S/C12H15ClN2/c1-8(2)15-11-5-4-9(3)6-10(11)14-12(15)7-13/h4-6,8H,7H2,1-3H3. The summed E-state index contributed by atoms with van der Waals surface area (Å²) in [6.45, 7) is 6.38. The van der Waals surface area contributed by atoms with Crippen molar-refractivity contribution in [2.24, 2.45) is 0 Å². The van der Waals surface area contributed by atoms with Gasteiger partial charge in [-0.05, 0) is 38.5 Å². The minimum Gasteiger partial charge on any atom is -0.324 e. The van der Waals surface area contributed by atoms with Crippen LogP contribution in [0.15, 0.2) is 18.2 Å². The highest BCUT2D eigenvalue weighted by Gasteiger charge is 2.11. The zero-order valence-electron chi connectivity index (χ0n) is 9.29. The van der Waals surface area contributed by atoms with Crippen molar-refractivity contribution in [3.8, 4) is 0 Å². The SMILES string of the molecule is Cc1ccc2c(c1)nc(CCl)n2C(C)C. The fourth-order valence-corrected chi connectivity index (χ4v) is 2.12. The highest BCUT2D eigenvalue weighted by atomic mass is 35.5. The summed E-state index contributed by atoms with van der Waals surface area (Å²) in [4.78, 5) is 4.54. The summed E-state index contributed by atoms with van der Waals surface area (Å²) in [6.07, 6.45) is 0. The molecule has 0 radical (unpaired) electrons. The minimum atomic E-state index is 0.395. The zero-order valence-corrected chi connectivity index (χ0v) is 10.0. The molecule has 0 bridgehead atoms. The van der Waals surface area contributed by atoms with Crippen LogP contribution in [0.25, 0.3) is 11.0 Å². The normalized spacial score (nSPS) is 11.5. The van der Waals surface area contributed by atoms with Crippen LogP contribution in [-0.2, 0) is 5.88 Å². The first-order valence-corrected chi connectivity index (χ1v) is 5.70. The second-order valence-corrected chi connectivity index (χ2v) is 4.38. The lowest BCUT2D eigenvalue weighted by atomic mass is 10.2. The molecule has 2 rings (SSSR count). The molecule has 2 nitrogen and oxygen atoms in total. The van der Waals surface area contributed by atoms with Gasteiger partial charge in [-0.15, -0.1) is 11.6 Å². The summed E-state index contributed by atoms with van der Waals surface area (Å²) in [6, 6.07) is 6.73. The third-order valence-corrected chi connectivity index (χ3v) is 2.79. The van der Waals surface area contributed by atoms with Gasteiger partial charge in [-0.25, -0.2) is 4.98 Å². The number of benzene rings is 1. The lowest BCUT2D eigenvalue weighted by Gasteiger charge is -2.11. The molecule has 2 aromatic rings. The zero-order chi connectivity index (χ0) is 11.0. The number of nitrogens with zero attached hydrogens (tertiary/aromatic N) is 2. The first kappa shape index (κ1) is 10.5. The number of imidazole rings is 1. The minimum absolute atomic E-state index is 0.395. The fourth-order valence-electron chi connectivity index (χ4n) is 1.93. The predicted molar refractivity (Wildman–Crippen MR) is 64.4 cm³/mol. The summed E-state index contributed by atoms with van der Waals surface area (Å²) < 4.78 is 2.20. The molecule has 15 heavy (non-hydrogen) atoms. The van der Waals surface area contributed by atoms with E-state index in [1.165, 1.54) is 11.1 Å². The second-order valence-electron chi connectivity index (χ2n) is 4.12. The van der Waals surface area contributed by atoms with Crippen molar-refractivity contribution in [1.82, 2.24) is 9.55 Å². The summed E-state index contributed by atoms with van der Waals surface area (Å²) in [5, 5.41) is 0. The summed E-state index contributed by atoms with van der Waals surface area (Å²) >= 11 is 5.90. The summed E-state index contributed by atoms with van der Waals surface area (Å²) in [5.41, 5.74) is 3.45. The fraction of sp³-hybridized carbons (Fsp3) is 0.417. The molecule has 0 atom stereocenters. The highest BCUT2D eigenvalue weighted by Crippen LogP contribution is 2.22. The van der Waals surface area contributed by atoms with Crippen LogP contribution in [0.5, 0.6) is 0 Å². The van der Waals surface area contributed by atoms with Crippen molar-refractivity contribution in [2.45, 2.75) is 32.7 Å². The number of alkyl halides is 1. The molecular formula is C12H15ClN2. The Balaban J connectivity index is 2.74. The molecule has 1 aromatic carbocycles. The molecule has 0 unspecified atom stereocenters. The Labute approximate surface area is 94.9 Å². The Morgan fingerprint density at radius 3 is 2.73 bits per heavy atom. The third-order valence-electron chi connectivity index (χ3n) is 2.55. The molecule has 3 heteroatoms. The van der Waals surface area contributed by atoms with Gasteiger partial charge in [0.25, 0.3) is 0 Å². The molecule has 0 aliphatic rings. The van der Waals surface area contributed by atoms with E-state index in [0.717, 1.165) is 11.3 Å². The highest BCUT2D eigenvalue weighted by molar-refractivity contribution is 6.16. The topological polar surface area (TPSA) is 17.8 Å². The van der Waals surface area contributed by atoms with Gasteiger partial charge in [-0.3, -0.25) is 0 Å². The average Bonchev–Trinajstić information content (AvgIpc) is 2.54. The van der Waals surface area contributed by atoms with Gasteiger partial charge in [0, 0.05) is 6.04 Å². The van der Waals surface area contributed by atoms with Crippen LogP contribution < -0.4 is 0 Å². The van der Waals surface area contributed by atoms with Crippen molar-refractivity contribution in [1.29, 1.82) is 0 Å². The van der Waals surface area contributed by atoms with E-state index in [1.807, 2.05) is 0 Å². The maximum absolute atomic E-state index is 5.90. The number of hydrogen-bond acceptors (Lipinski definition) is 1. The van der Waals surface area contributed by atoms with Gasteiger partial charge in [0.2, 0.25) is 0 Å². The lowest BCUT2D eigenvalue weighted by molar-refractivity contribution is 0.597. The average molecular weight is 223 g/mol. The van der Waals surface area contributed by atoms with Gasteiger partial charge in [-0.2, -0.15) is 0 Å². The van der Waals surface area contributed by atoms with Crippen molar-refractivity contribution >= 4 is 22.6 Å². The Morgan fingerprint density at radius 1 is 1.40 bits per heavy atom. The van der Waals surface area contributed by atoms with Crippen LogP contribution in [0.3, 0.4) is 0 Å². The quantitative estimate of drug-likeness (QED) is 0.709. The van der Waals surface area contributed by atoms with Crippen LogP contribution >= 0.6 is 11.6 Å². The number of aryl methyl sites for hydroxylation is 1. The maximum Gasteiger partial charge on any atom is 0.125 e. The van der Waals surface area contributed by atoms with E-state index in [-0.39, 0.29) is 0 Å². The first-order chi connectivity index (χ1) is 7.13. The number of halogens is 1. The summed E-state index contributed by atoms with van der Waals surface area (Å²) in [7, 11) is 0. The van der Waals surface area contributed by atoms with Crippen molar-refractivity contribution in [2.75, 3.05) is 0 Å². The van der Waals surface area contributed by atoms with E-state index < -0.39 is 0 Å². The van der Waals surface area contributed by atoms with Crippen molar-refractivity contribution in [3.63, 3.8) is 0 Å². The number of fused-ring (bicyclic) bond motifs is 1. The Hall–Kier alpha value is -1.02. The Bertz CT molecular complexity index is 486. The third kappa shape index (κ3) is 1.74.